The van der Waals surface area contributed by atoms with Gasteiger partial charge in [-0.2, -0.15) is 0 Å². The molecule has 0 bridgehead atoms. The predicted molar refractivity (Wildman–Crippen MR) is 60.4 cm³/mol. The van der Waals surface area contributed by atoms with Gasteiger partial charge in [-0.1, -0.05) is 0 Å². The maximum atomic E-state index is 10.9. The van der Waals surface area contributed by atoms with Crippen LogP contribution in [0.15, 0.2) is 0 Å². The van der Waals surface area contributed by atoms with Crippen molar-refractivity contribution in [3.63, 3.8) is 0 Å². The maximum absolute atomic E-state index is 10.9. The fraction of sp³-hybridized carbons (Fsp3) is 0.917. The van der Waals surface area contributed by atoms with Crippen LogP contribution in [0.1, 0.15) is 32.6 Å². The molecule has 92 valence electrons. The van der Waals surface area contributed by atoms with Crippen LogP contribution in [0.4, 0.5) is 0 Å². The summed E-state index contributed by atoms with van der Waals surface area (Å²) in [5, 5.41) is 8.94. The first kappa shape index (κ1) is 11.9. The number of hydrogen-bond acceptors (Lipinski definition) is 3. The Morgan fingerprint density at radius 3 is 2.75 bits per heavy atom. The smallest absolute Gasteiger partial charge is 0.317 e. The highest BCUT2D eigenvalue weighted by Gasteiger charge is 2.31. The monoisotopic (exact) mass is 227 g/mol. The lowest BCUT2D eigenvalue weighted by Crippen LogP contribution is -2.45. The molecule has 2 fully saturated rings. The molecule has 1 heterocycles. The van der Waals surface area contributed by atoms with Crippen LogP contribution in [0.3, 0.4) is 0 Å². The summed E-state index contributed by atoms with van der Waals surface area (Å²) in [5.41, 5.74) is 0. The number of rotatable bonds is 5. The van der Waals surface area contributed by atoms with E-state index < -0.39 is 5.97 Å². The molecule has 1 saturated carbocycles. The van der Waals surface area contributed by atoms with Gasteiger partial charge in [-0.15, -0.1) is 0 Å². The van der Waals surface area contributed by atoms with Crippen molar-refractivity contribution in [3.8, 4) is 0 Å². The van der Waals surface area contributed by atoms with Crippen molar-refractivity contribution in [2.24, 2.45) is 5.92 Å². The van der Waals surface area contributed by atoms with Crippen molar-refractivity contribution in [2.45, 2.75) is 44.8 Å². The third-order valence-electron chi connectivity index (χ3n) is 3.50. The van der Waals surface area contributed by atoms with E-state index in [0.717, 1.165) is 31.9 Å². The van der Waals surface area contributed by atoms with Gasteiger partial charge in [0.1, 0.15) is 0 Å². The first-order chi connectivity index (χ1) is 7.65. The normalized spacial score (nSPS) is 30.6. The zero-order valence-electron chi connectivity index (χ0n) is 9.89. The highest BCUT2D eigenvalue weighted by molar-refractivity contribution is 5.69. The van der Waals surface area contributed by atoms with Gasteiger partial charge in [-0.25, -0.2) is 0 Å². The van der Waals surface area contributed by atoms with Crippen LogP contribution in [0, 0.1) is 5.92 Å². The van der Waals surface area contributed by atoms with Gasteiger partial charge in [0.15, 0.2) is 0 Å². The van der Waals surface area contributed by atoms with E-state index in [-0.39, 0.29) is 12.6 Å². The Balaban J connectivity index is 1.89. The van der Waals surface area contributed by atoms with Crippen molar-refractivity contribution in [1.29, 1.82) is 0 Å². The van der Waals surface area contributed by atoms with Crippen LogP contribution in [0.25, 0.3) is 0 Å². The second-order valence-corrected chi connectivity index (χ2v) is 5.13. The lowest BCUT2D eigenvalue weighted by atomic mass is 10.0. The molecular weight excluding hydrogens is 206 g/mol. The van der Waals surface area contributed by atoms with Crippen LogP contribution >= 0.6 is 0 Å². The maximum Gasteiger partial charge on any atom is 0.317 e. The van der Waals surface area contributed by atoms with Crippen LogP contribution in [0.2, 0.25) is 0 Å². The summed E-state index contributed by atoms with van der Waals surface area (Å²) in [7, 11) is 0. The molecule has 1 aliphatic heterocycles. The number of nitrogens with zero attached hydrogens (tertiary/aromatic N) is 1. The molecule has 0 radical (unpaired) electrons. The molecule has 4 nitrogen and oxygen atoms in total. The molecule has 1 saturated heterocycles. The standard InChI is InChI=1S/C12H21NO3/c1-9-6-11(4-5-16-9)13(8-12(14)15)7-10-2-3-10/h9-11H,2-8H2,1H3,(H,14,15). The van der Waals surface area contributed by atoms with Crippen molar-refractivity contribution >= 4 is 5.97 Å². The second-order valence-electron chi connectivity index (χ2n) is 5.13. The Kier molecular flexibility index (Phi) is 3.82. The molecule has 2 atom stereocenters. The third kappa shape index (κ3) is 3.46. The Morgan fingerprint density at radius 1 is 1.44 bits per heavy atom. The van der Waals surface area contributed by atoms with Gasteiger partial charge in [0, 0.05) is 19.2 Å². The lowest BCUT2D eigenvalue weighted by Gasteiger charge is -2.35. The molecule has 2 rings (SSSR count). The van der Waals surface area contributed by atoms with Crippen molar-refractivity contribution in [1.82, 2.24) is 4.90 Å². The fourth-order valence-corrected chi connectivity index (χ4v) is 2.45. The number of hydrogen-bond donors (Lipinski definition) is 1. The van der Waals surface area contributed by atoms with Crippen LogP contribution in [-0.2, 0) is 9.53 Å². The minimum atomic E-state index is -0.709. The first-order valence-electron chi connectivity index (χ1n) is 6.22. The van der Waals surface area contributed by atoms with E-state index in [9.17, 15) is 4.79 Å². The van der Waals surface area contributed by atoms with Gasteiger partial charge in [0.25, 0.3) is 0 Å². The summed E-state index contributed by atoms with van der Waals surface area (Å²) < 4.78 is 5.51. The summed E-state index contributed by atoms with van der Waals surface area (Å²) in [6.07, 6.45) is 4.77. The second kappa shape index (κ2) is 5.15. The molecule has 4 heteroatoms. The van der Waals surface area contributed by atoms with E-state index >= 15 is 0 Å². The molecule has 16 heavy (non-hydrogen) atoms. The highest BCUT2D eigenvalue weighted by Crippen LogP contribution is 2.31. The third-order valence-corrected chi connectivity index (χ3v) is 3.50. The van der Waals surface area contributed by atoms with E-state index in [4.69, 9.17) is 9.84 Å². The van der Waals surface area contributed by atoms with Gasteiger partial charge >= 0.3 is 5.97 Å². The van der Waals surface area contributed by atoms with Crippen LogP contribution < -0.4 is 0 Å². The highest BCUT2D eigenvalue weighted by atomic mass is 16.5. The summed E-state index contributed by atoms with van der Waals surface area (Å²) in [5.74, 6) is 0.0392. The lowest BCUT2D eigenvalue weighted by molar-refractivity contribution is -0.140. The Hall–Kier alpha value is -0.610. The summed E-state index contributed by atoms with van der Waals surface area (Å²) in [6.45, 7) is 3.99. The Morgan fingerprint density at radius 2 is 2.19 bits per heavy atom. The topological polar surface area (TPSA) is 49.8 Å². The molecule has 0 spiro atoms. The van der Waals surface area contributed by atoms with Crippen molar-refractivity contribution in [2.75, 3.05) is 19.7 Å². The number of carboxylic acids is 1. The Bertz CT molecular complexity index is 253. The van der Waals surface area contributed by atoms with Gasteiger partial charge in [0.05, 0.1) is 12.6 Å². The number of ether oxygens (including phenoxy) is 1. The average Bonchev–Trinajstić information content (AvgIpc) is 3.00. The zero-order valence-corrected chi connectivity index (χ0v) is 9.89. The van der Waals surface area contributed by atoms with E-state index in [1.165, 1.54) is 12.8 Å². The molecule has 0 aromatic rings. The van der Waals surface area contributed by atoms with Crippen molar-refractivity contribution < 1.29 is 14.6 Å². The molecule has 2 unspecified atom stereocenters. The van der Waals surface area contributed by atoms with E-state index in [1.54, 1.807) is 0 Å². The van der Waals surface area contributed by atoms with Gasteiger partial charge in [-0.3, -0.25) is 9.69 Å². The quantitative estimate of drug-likeness (QED) is 0.770. The molecule has 1 aliphatic carbocycles. The van der Waals surface area contributed by atoms with Gasteiger partial charge < -0.3 is 9.84 Å². The summed E-state index contributed by atoms with van der Waals surface area (Å²) >= 11 is 0. The molecule has 0 aromatic carbocycles. The minimum absolute atomic E-state index is 0.188. The average molecular weight is 227 g/mol. The predicted octanol–water partition coefficient (Wildman–Crippen LogP) is 1.35. The Labute approximate surface area is 96.6 Å². The number of aliphatic carboxylic acids is 1. The van der Waals surface area contributed by atoms with Crippen LogP contribution in [-0.4, -0.2) is 47.8 Å². The minimum Gasteiger partial charge on any atom is -0.480 e. The molecule has 0 aromatic heterocycles. The number of carbonyl (C=O) groups is 1. The largest absolute Gasteiger partial charge is 0.480 e. The molecule has 0 amide bonds. The zero-order chi connectivity index (χ0) is 11.5. The van der Waals surface area contributed by atoms with Crippen molar-refractivity contribution in [3.05, 3.63) is 0 Å². The van der Waals surface area contributed by atoms with E-state index in [1.807, 2.05) is 0 Å². The molecule has 1 N–H and O–H groups in total. The van der Waals surface area contributed by atoms with E-state index in [0.29, 0.717) is 6.04 Å². The molecule has 2 aliphatic rings. The SMILES string of the molecule is CC1CC(N(CC(=O)O)CC2CC2)CCO1. The van der Waals surface area contributed by atoms with Crippen LogP contribution in [0.5, 0.6) is 0 Å². The first-order valence-corrected chi connectivity index (χ1v) is 6.22. The summed E-state index contributed by atoms with van der Waals surface area (Å²) in [6, 6.07) is 0.403. The molecular formula is C12H21NO3. The number of carboxylic acid groups (broad SMARTS) is 1. The fourth-order valence-electron chi connectivity index (χ4n) is 2.45. The van der Waals surface area contributed by atoms with Gasteiger partial charge in [-0.05, 0) is 38.5 Å². The van der Waals surface area contributed by atoms with E-state index in [2.05, 4.69) is 11.8 Å². The summed E-state index contributed by atoms with van der Waals surface area (Å²) in [4.78, 5) is 13.0. The van der Waals surface area contributed by atoms with Gasteiger partial charge in [0.2, 0.25) is 0 Å².